The predicted octanol–water partition coefficient (Wildman–Crippen LogP) is 3.12. The van der Waals surface area contributed by atoms with Crippen molar-refractivity contribution >= 4 is 23.3 Å². The Morgan fingerprint density at radius 2 is 2.00 bits per heavy atom. The lowest BCUT2D eigenvalue weighted by atomic mass is 10.1. The van der Waals surface area contributed by atoms with E-state index in [1.165, 1.54) is 23.1 Å². The number of halogens is 1. The summed E-state index contributed by atoms with van der Waals surface area (Å²) in [6.45, 7) is -0.443. The molecule has 1 aliphatic carbocycles. The van der Waals surface area contributed by atoms with Crippen LogP contribution in [0.4, 0.5) is 15.8 Å². The van der Waals surface area contributed by atoms with E-state index in [2.05, 4.69) is 5.32 Å². The van der Waals surface area contributed by atoms with E-state index in [0.29, 0.717) is 11.3 Å². The van der Waals surface area contributed by atoms with Crippen molar-refractivity contribution in [1.29, 1.82) is 0 Å². The van der Waals surface area contributed by atoms with E-state index in [0.717, 1.165) is 18.9 Å². The van der Waals surface area contributed by atoms with Crippen molar-refractivity contribution in [3.05, 3.63) is 69.5 Å². The van der Waals surface area contributed by atoms with Crippen LogP contribution >= 0.6 is 0 Å². The standard InChI is InChI=1S/C20H20FN3O5/c1-22-18-9-8-15(24(27)28)10-16(18)20(26)29-12-19(25)23(14-6-7-14)11-13-4-2-3-5-17(13)21/h2-5,8-10,14,22H,6-7,11-12H2,1H3. The van der Waals surface area contributed by atoms with Gasteiger partial charge in [0.15, 0.2) is 6.61 Å². The molecule has 0 bridgehead atoms. The van der Waals surface area contributed by atoms with Crippen LogP contribution in [0.2, 0.25) is 0 Å². The van der Waals surface area contributed by atoms with Gasteiger partial charge in [-0.1, -0.05) is 18.2 Å². The van der Waals surface area contributed by atoms with E-state index in [-0.39, 0.29) is 23.8 Å². The number of nitro groups is 1. The maximum Gasteiger partial charge on any atom is 0.341 e. The highest BCUT2D eigenvalue weighted by molar-refractivity contribution is 5.97. The van der Waals surface area contributed by atoms with Crippen LogP contribution in [-0.4, -0.2) is 41.4 Å². The first-order chi connectivity index (χ1) is 13.9. The number of non-ortho nitro benzene ring substituents is 1. The van der Waals surface area contributed by atoms with Crippen LogP contribution in [0.3, 0.4) is 0 Å². The molecule has 8 nitrogen and oxygen atoms in total. The molecule has 9 heteroatoms. The van der Waals surface area contributed by atoms with E-state index in [1.807, 2.05) is 0 Å². The van der Waals surface area contributed by atoms with Gasteiger partial charge >= 0.3 is 5.97 Å². The van der Waals surface area contributed by atoms with Crippen molar-refractivity contribution in [3.8, 4) is 0 Å². The number of hydrogen-bond acceptors (Lipinski definition) is 6. The van der Waals surface area contributed by atoms with Crippen LogP contribution in [0.5, 0.6) is 0 Å². The molecule has 0 atom stereocenters. The SMILES string of the molecule is CNc1ccc([N+](=O)[O-])cc1C(=O)OCC(=O)N(Cc1ccccc1F)C1CC1. The van der Waals surface area contributed by atoms with Crippen molar-refractivity contribution < 1.29 is 23.6 Å². The van der Waals surface area contributed by atoms with Crippen molar-refractivity contribution in [2.45, 2.75) is 25.4 Å². The molecule has 1 amide bonds. The molecular formula is C20H20FN3O5. The Morgan fingerprint density at radius 1 is 1.28 bits per heavy atom. The van der Waals surface area contributed by atoms with Gasteiger partial charge in [-0.3, -0.25) is 14.9 Å². The average molecular weight is 401 g/mol. The van der Waals surface area contributed by atoms with Gasteiger partial charge in [0.05, 0.1) is 10.5 Å². The minimum absolute atomic E-state index is 0.00788. The summed E-state index contributed by atoms with van der Waals surface area (Å²) in [5, 5.41) is 13.7. The largest absolute Gasteiger partial charge is 0.452 e. The summed E-state index contributed by atoms with van der Waals surface area (Å²) in [5.74, 6) is -1.70. The summed E-state index contributed by atoms with van der Waals surface area (Å²) < 4.78 is 19.0. The minimum Gasteiger partial charge on any atom is -0.452 e. The number of carbonyl (C=O) groups excluding carboxylic acids is 2. The molecular weight excluding hydrogens is 381 g/mol. The summed E-state index contributed by atoms with van der Waals surface area (Å²) in [4.78, 5) is 36.8. The van der Waals surface area contributed by atoms with Gasteiger partial charge < -0.3 is 15.0 Å². The van der Waals surface area contributed by atoms with E-state index >= 15 is 0 Å². The molecule has 2 aromatic carbocycles. The molecule has 1 N–H and O–H groups in total. The van der Waals surface area contributed by atoms with Crippen molar-refractivity contribution in [2.24, 2.45) is 0 Å². The Hall–Kier alpha value is -3.49. The Balaban J connectivity index is 1.69. The quantitative estimate of drug-likeness (QED) is 0.414. The van der Waals surface area contributed by atoms with Gasteiger partial charge in [0.1, 0.15) is 5.82 Å². The summed E-state index contributed by atoms with van der Waals surface area (Å²) in [5.41, 5.74) is 0.427. The molecule has 0 heterocycles. The molecule has 0 unspecified atom stereocenters. The number of rotatable bonds is 8. The fourth-order valence-corrected chi connectivity index (χ4v) is 2.94. The summed E-state index contributed by atoms with van der Waals surface area (Å²) in [6.07, 6.45) is 1.62. The highest BCUT2D eigenvalue weighted by Crippen LogP contribution is 2.29. The molecule has 3 rings (SSSR count). The molecule has 2 aromatic rings. The fraction of sp³-hybridized carbons (Fsp3) is 0.300. The number of ether oxygens (including phenoxy) is 1. The Kier molecular flexibility index (Phi) is 6.06. The number of hydrogen-bond donors (Lipinski definition) is 1. The number of benzene rings is 2. The van der Waals surface area contributed by atoms with Gasteiger partial charge in [-0.25, -0.2) is 9.18 Å². The van der Waals surface area contributed by atoms with Crippen LogP contribution in [0.25, 0.3) is 0 Å². The molecule has 1 aliphatic rings. The van der Waals surface area contributed by atoms with E-state index in [1.54, 1.807) is 25.2 Å². The third-order valence-electron chi connectivity index (χ3n) is 4.64. The average Bonchev–Trinajstić information content (AvgIpc) is 3.55. The highest BCUT2D eigenvalue weighted by Gasteiger charge is 2.33. The van der Waals surface area contributed by atoms with Crippen molar-refractivity contribution in [2.75, 3.05) is 19.0 Å². The van der Waals surface area contributed by atoms with Gasteiger partial charge in [0.2, 0.25) is 0 Å². The lowest BCUT2D eigenvalue weighted by molar-refractivity contribution is -0.384. The maximum absolute atomic E-state index is 13.9. The number of carbonyl (C=O) groups is 2. The molecule has 0 aliphatic heterocycles. The lowest BCUT2D eigenvalue weighted by Gasteiger charge is -2.22. The first-order valence-corrected chi connectivity index (χ1v) is 9.07. The Morgan fingerprint density at radius 3 is 2.62 bits per heavy atom. The Labute approximate surface area is 166 Å². The third-order valence-corrected chi connectivity index (χ3v) is 4.64. The molecule has 0 saturated heterocycles. The first kappa shape index (κ1) is 20.2. The molecule has 29 heavy (non-hydrogen) atoms. The topological polar surface area (TPSA) is 102 Å². The fourth-order valence-electron chi connectivity index (χ4n) is 2.94. The normalized spacial score (nSPS) is 12.9. The van der Waals surface area contributed by atoms with Gasteiger partial charge in [-0.15, -0.1) is 0 Å². The van der Waals surface area contributed by atoms with Gasteiger partial charge in [-0.05, 0) is 25.0 Å². The molecule has 0 aromatic heterocycles. The highest BCUT2D eigenvalue weighted by atomic mass is 19.1. The molecule has 0 radical (unpaired) electrons. The molecule has 0 spiro atoms. The van der Waals surface area contributed by atoms with Gasteiger partial charge in [-0.2, -0.15) is 0 Å². The van der Waals surface area contributed by atoms with Crippen LogP contribution < -0.4 is 5.32 Å². The smallest absolute Gasteiger partial charge is 0.341 e. The Bertz CT molecular complexity index is 945. The monoisotopic (exact) mass is 401 g/mol. The minimum atomic E-state index is -0.854. The molecule has 1 saturated carbocycles. The third kappa shape index (κ3) is 4.87. The summed E-state index contributed by atoms with van der Waals surface area (Å²) >= 11 is 0. The lowest BCUT2D eigenvalue weighted by Crippen LogP contribution is -2.36. The number of esters is 1. The first-order valence-electron chi connectivity index (χ1n) is 9.07. The van der Waals surface area contributed by atoms with Crippen LogP contribution in [0.1, 0.15) is 28.8 Å². The molecule has 152 valence electrons. The van der Waals surface area contributed by atoms with E-state index < -0.39 is 29.2 Å². The maximum atomic E-state index is 13.9. The van der Waals surface area contributed by atoms with Crippen molar-refractivity contribution in [1.82, 2.24) is 4.90 Å². The number of anilines is 1. The second-order valence-electron chi connectivity index (χ2n) is 6.66. The number of nitrogens with zero attached hydrogens (tertiary/aromatic N) is 2. The second-order valence-corrected chi connectivity index (χ2v) is 6.66. The number of nitrogens with one attached hydrogen (secondary N) is 1. The van der Waals surface area contributed by atoms with E-state index in [9.17, 15) is 24.1 Å². The number of amides is 1. The van der Waals surface area contributed by atoms with Crippen LogP contribution in [0.15, 0.2) is 42.5 Å². The number of nitro benzene ring substituents is 1. The molecule has 1 fully saturated rings. The van der Waals surface area contributed by atoms with Gasteiger partial charge in [0.25, 0.3) is 11.6 Å². The summed E-state index contributed by atoms with van der Waals surface area (Å²) in [6, 6.07) is 9.93. The van der Waals surface area contributed by atoms with Crippen LogP contribution in [0, 0.1) is 15.9 Å². The predicted molar refractivity (Wildman–Crippen MR) is 103 cm³/mol. The second kappa shape index (κ2) is 8.68. The zero-order valence-corrected chi connectivity index (χ0v) is 15.8. The van der Waals surface area contributed by atoms with Crippen LogP contribution in [-0.2, 0) is 16.1 Å². The van der Waals surface area contributed by atoms with Gasteiger partial charge in [0, 0.05) is 43.0 Å². The zero-order valence-electron chi connectivity index (χ0n) is 15.8. The van der Waals surface area contributed by atoms with Crippen molar-refractivity contribution in [3.63, 3.8) is 0 Å². The zero-order chi connectivity index (χ0) is 21.0. The summed E-state index contributed by atoms with van der Waals surface area (Å²) in [7, 11) is 1.56. The van der Waals surface area contributed by atoms with E-state index in [4.69, 9.17) is 4.74 Å².